The lowest BCUT2D eigenvalue weighted by Gasteiger charge is -2.43. The summed E-state index contributed by atoms with van der Waals surface area (Å²) in [4.78, 5) is 11.4. The number of hydrogen-bond donors (Lipinski definition) is 1. The van der Waals surface area contributed by atoms with E-state index in [2.05, 4.69) is 60.6 Å². The van der Waals surface area contributed by atoms with Crippen LogP contribution in [0.15, 0.2) is 12.2 Å². The van der Waals surface area contributed by atoms with Crippen LogP contribution >= 0.6 is 0 Å². The number of hydrogen-bond acceptors (Lipinski definition) is 1. The Kier molecular flexibility index (Phi) is 5.68. The summed E-state index contributed by atoms with van der Waals surface area (Å²) >= 11 is 0. The molecule has 0 aromatic carbocycles. The van der Waals surface area contributed by atoms with E-state index in [0.717, 1.165) is 6.42 Å². The number of carboxylic acid groups (broad SMARTS) is 1. The maximum atomic E-state index is 11.4. The van der Waals surface area contributed by atoms with Gasteiger partial charge >= 0.3 is 5.97 Å². The molecular weight excluding hydrogens is 248 g/mol. The van der Waals surface area contributed by atoms with Crippen molar-refractivity contribution in [3.63, 3.8) is 0 Å². The van der Waals surface area contributed by atoms with Gasteiger partial charge in [0.05, 0.1) is 5.41 Å². The van der Waals surface area contributed by atoms with Crippen LogP contribution in [0.2, 0.25) is 0 Å². The molecule has 0 aromatic rings. The van der Waals surface area contributed by atoms with Crippen LogP contribution in [0.1, 0.15) is 75.2 Å². The first-order valence-electron chi connectivity index (χ1n) is 7.52. The fraction of sp³-hybridized carbons (Fsp3) is 0.833. The highest BCUT2D eigenvalue weighted by Gasteiger charge is 2.42. The first-order valence-corrected chi connectivity index (χ1v) is 7.52. The Balaban J connectivity index is 5.03. The van der Waals surface area contributed by atoms with Crippen LogP contribution in [-0.2, 0) is 4.79 Å². The fourth-order valence-electron chi connectivity index (χ4n) is 2.34. The van der Waals surface area contributed by atoms with Crippen molar-refractivity contribution < 1.29 is 9.90 Å². The van der Waals surface area contributed by atoms with E-state index in [4.69, 9.17) is 0 Å². The van der Waals surface area contributed by atoms with Crippen molar-refractivity contribution in [2.75, 3.05) is 0 Å². The van der Waals surface area contributed by atoms with Crippen molar-refractivity contribution in [1.82, 2.24) is 0 Å². The normalized spacial score (nSPS) is 14.8. The third-order valence-electron chi connectivity index (χ3n) is 4.47. The molecule has 2 heteroatoms. The lowest BCUT2D eigenvalue weighted by molar-refractivity contribution is -0.149. The average Bonchev–Trinajstić information content (AvgIpc) is 2.12. The molecule has 0 atom stereocenters. The minimum atomic E-state index is -0.722. The van der Waals surface area contributed by atoms with Crippen molar-refractivity contribution in [3.05, 3.63) is 12.2 Å². The molecule has 2 nitrogen and oxygen atoms in total. The van der Waals surface area contributed by atoms with E-state index in [0.29, 0.717) is 6.42 Å². The number of carboxylic acids is 1. The van der Waals surface area contributed by atoms with Gasteiger partial charge in [0.15, 0.2) is 0 Å². The molecule has 0 aromatic heterocycles. The second-order valence-electron chi connectivity index (χ2n) is 9.14. The summed E-state index contributed by atoms with van der Waals surface area (Å²) in [5, 5.41) is 9.34. The largest absolute Gasteiger partial charge is 0.481 e. The molecule has 0 heterocycles. The topological polar surface area (TPSA) is 37.3 Å². The Labute approximate surface area is 125 Å². The quantitative estimate of drug-likeness (QED) is 0.650. The zero-order valence-electron chi connectivity index (χ0n) is 14.9. The molecule has 0 aliphatic heterocycles. The molecule has 0 bridgehead atoms. The number of carbonyl (C=O) groups is 1. The zero-order chi connectivity index (χ0) is 16.4. The molecule has 118 valence electrons. The van der Waals surface area contributed by atoms with E-state index in [1.807, 2.05) is 13.8 Å². The number of aliphatic carboxylic acids is 1. The molecule has 20 heavy (non-hydrogen) atoms. The van der Waals surface area contributed by atoms with Crippen LogP contribution in [-0.4, -0.2) is 11.1 Å². The van der Waals surface area contributed by atoms with Gasteiger partial charge in [-0.2, -0.15) is 0 Å². The first-order chi connectivity index (χ1) is 8.61. The molecule has 0 spiro atoms. The second-order valence-corrected chi connectivity index (χ2v) is 9.14. The SMILES string of the molecule is CC(C)(C)C/C=C\C(C)(C)C(C)(C)CC(C)(C)C(=O)O. The monoisotopic (exact) mass is 282 g/mol. The Bertz CT molecular complexity index is 365. The molecule has 1 N–H and O–H groups in total. The zero-order valence-corrected chi connectivity index (χ0v) is 14.9. The highest BCUT2D eigenvalue weighted by atomic mass is 16.4. The Morgan fingerprint density at radius 3 is 1.75 bits per heavy atom. The van der Waals surface area contributed by atoms with Crippen molar-refractivity contribution in [3.8, 4) is 0 Å². The van der Waals surface area contributed by atoms with Gasteiger partial charge in [-0.05, 0) is 42.9 Å². The van der Waals surface area contributed by atoms with Crippen molar-refractivity contribution in [2.24, 2.45) is 21.7 Å². The van der Waals surface area contributed by atoms with Crippen LogP contribution < -0.4 is 0 Å². The van der Waals surface area contributed by atoms with Crippen LogP contribution in [0.25, 0.3) is 0 Å². The Morgan fingerprint density at radius 2 is 1.40 bits per heavy atom. The fourth-order valence-corrected chi connectivity index (χ4v) is 2.34. The maximum absolute atomic E-state index is 11.4. The van der Waals surface area contributed by atoms with Crippen molar-refractivity contribution in [2.45, 2.75) is 75.2 Å². The molecular formula is C18H34O2. The minimum Gasteiger partial charge on any atom is -0.481 e. The Morgan fingerprint density at radius 1 is 0.950 bits per heavy atom. The highest BCUT2D eigenvalue weighted by Crippen LogP contribution is 2.47. The lowest BCUT2D eigenvalue weighted by atomic mass is 9.61. The summed E-state index contributed by atoms with van der Waals surface area (Å²) in [6, 6.07) is 0. The van der Waals surface area contributed by atoms with Crippen LogP contribution in [0, 0.1) is 21.7 Å². The van der Waals surface area contributed by atoms with E-state index in [1.165, 1.54) is 0 Å². The van der Waals surface area contributed by atoms with E-state index >= 15 is 0 Å². The van der Waals surface area contributed by atoms with Gasteiger partial charge in [-0.15, -0.1) is 0 Å². The van der Waals surface area contributed by atoms with E-state index in [-0.39, 0.29) is 16.2 Å². The van der Waals surface area contributed by atoms with Gasteiger partial charge in [0.25, 0.3) is 0 Å². The summed E-state index contributed by atoms with van der Waals surface area (Å²) in [7, 11) is 0. The molecule has 0 rings (SSSR count). The summed E-state index contributed by atoms with van der Waals surface area (Å²) in [5.41, 5.74) is -0.524. The van der Waals surface area contributed by atoms with Crippen molar-refractivity contribution >= 4 is 5.97 Å². The van der Waals surface area contributed by atoms with Gasteiger partial charge in [-0.1, -0.05) is 60.6 Å². The summed E-state index contributed by atoms with van der Waals surface area (Å²) in [6.45, 7) is 19.0. The Hall–Kier alpha value is -0.790. The molecule has 0 saturated carbocycles. The van der Waals surface area contributed by atoms with Crippen LogP contribution in [0.3, 0.4) is 0 Å². The van der Waals surface area contributed by atoms with Gasteiger partial charge in [0.1, 0.15) is 0 Å². The van der Waals surface area contributed by atoms with Gasteiger partial charge < -0.3 is 5.11 Å². The van der Waals surface area contributed by atoms with E-state index in [1.54, 1.807) is 0 Å². The summed E-state index contributed by atoms with van der Waals surface area (Å²) in [6.07, 6.45) is 6.20. The van der Waals surface area contributed by atoms with E-state index < -0.39 is 11.4 Å². The summed E-state index contributed by atoms with van der Waals surface area (Å²) in [5.74, 6) is -0.722. The maximum Gasteiger partial charge on any atom is 0.309 e. The van der Waals surface area contributed by atoms with Gasteiger partial charge in [0, 0.05) is 0 Å². The molecule has 0 amide bonds. The number of allylic oxidation sites excluding steroid dienone is 2. The standard InChI is InChI=1S/C18H34O2/c1-15(2,3)11-10-12-17(6,7)18(8,9)13-16(4,5)14(19)20/h10,12H,11,13H2,1-9H3,(H,19,20)/b12-10-. The molecule has 0 radical (unpaired) electrons. The predicted molar refractivity (Wildman–Crippen MR) is 86.8 cm³/mol. The second kappa shape index (κ2) is 5.91. The molecule has 0 saturated heterocycles. The average molecular weight is 282 g/mol. The number of rotatable bonds is 6. The smallest absolute Gasteiger partial charge is 0.309 e. The first kappa shape index (κ1) is 19.2. The summed E-state index contributed by atoms with van der Waals surface area (Å²) < 4.78 is 0. The van der Waals surface area contributed by atoms with Crippen LogP contribution in [0.5, 0.6) is 0 Å². The highest BCUT2D eigenvalue weighted by molar-refractivity contribution is 5.73. The molecule has 0 aliphatic carbocycles. The molecule has 0 aliphatic rings. The van der Waals surface area contributed by atoms with Gasteiger partial charge in [0.2, 0.25) is 0 Å². The predicted octanol–water partition coefficient (Wildman–Crippen LogP) is 5.53. The third kappa shape index (κ3) is 5.68. The molecule has 0 unspecified atom stereocenters. The molecule has 0 fully saturated rings. The lowest BCUT2D eigenvalue weighted by Crippen LogP contribution is -2.38. The van der Waals surface area contributed by atoms with Crippen LogP contribution in [0.4, 0.5) is 0 Å². The van der Waals surface area contributed by atoms with Crippen molar-refractivity contribution in [1.29, 1.82) is 0 Å². The van der Waals surface area contributed by atoms with Gasteiger partial charge in [-0.3, -0.25) is 4.79 Å². The van der Waals surface area contributed by atoms with E-state index in [9.17, 15) is 9.90 Å². The minimum absolute atomic E-state index is 0.0367. The van der Waals surface area contributed by atoms with Gasteiger partial charge in [-0.25, -0.2) is 0 Å². The third-order valence-corrected chi connectivity index (χ3v) is 4.47.